The van der Waals surface area contributed by atoms with Crippen molar-refractivity contribution in [2.75, 3.05) is 13.1 Å². The fourth-order valence-electron chi connectivity index (χ4n) is 3.01. The van der Waals surface area contributed by atoms with E-state index in [1.54, 1.807) is 0 Å². The van der Waals surface area contributed by atoms with Crippen molar-refractivity contribution in [1.29, 1.82) is 0 Å². The smallest absolute Gasteiger partial charge is 0.0118 e. The van der Waals surface area contributed by atoms with Crippen molar-refractivity contribution in [1.82, 2.24) is 5.32 Å². The molecule has 1 heteroatoms. The molecule has 1 heterocycles. The van der Waals surface area contributed by atoms with Gasteiger partial charge in [-0.05, 0) is 43.0 Å². The van der Waals surface area contributed by atoms with Gasteiger partial charge >= 0.3 is 0 Å². The van der Waals surface area contributed by atoms with E-state index in [9.17, 15) is 0 Å². The number of piperidine rings is 1. The highest BCUT2D eigenvalue weighted by Crippen LogP contribution is 2.37. The van der Waals surface area contributed by atoms with Gasteiger partial charge in [0.15, 0.2) is 0 Å². The first-order valence-corrected chi connectivity index (χ1v) is 7.07. The predicted molar refractivity (Wildman–Crippen MR) is 83.3 cm³/mol. The highest BCUT2D eigenvalue weighted by molar-refractivity contribution is 5.37. The summed E-state index contributed by atoms with van der Waals surface area (Å²) in [5.74, 6) is 1.13. The molecule has 1 N–H and O–H groups in total. The zero-order valence-corrected chi connectivity index (χ0v) is 11.5. The lowest BCUT2D eigenvalue weighted by Gasteiger charge is -2.32. The number of hydrogen-bond acceptors (Lipinski definition) is 1. The topological polar surface area (TPSA) is 12.0 Å². The molecule has 1 saturated heterocycles. The number of rotatable bonds is 5. The van der Waals surface area contributed by atoms with Gasteiger partial charge in [0.05, 0.1) is 0 Å². The van der Waals surface area contributed by atoms with Crippen LogP contribution < -0.4 is 5.32 Å². The van der Waals surface area contributed by atoms with Crippen molar-refractivity contribution < 1.29 is 0 Å². The molecular weight excluding hydrogens is 230 g/mol. The summed E-state index contributed by atoms with van der Waals surface area (Å²) >= 11 is 0. The molecule has 1 aliphatic heterocycles. The standard InChI is InChI=1S/C18H23N/c1-3-8-15(4-2)18(16-9-6-5-7-10-16)17-11-13-19-14-12-17/h3-10,17-19H,1-2,11-14H2/b15-8+. The van der Waals surface area contributed by atoms with Crippen molar-refractivity contribution in [3.63, 3.8) is 0 Å². The Morgan fingerprint density at radius 3 is 2.42 bits per heavy atom. The van der Waals surface area contributed by atoms with Crippen molar-refractivity contribution in [3.05, 3.63) is 72.9 Å². The summed E-state index contributed by atoms with van der Waals surface area (Å²) < 4.78 is 0. The highest BCUT2D eigenvalue weighted by atomic mass is 14.9. The van der Waals surface area contributed by atoms with Crippen LogP contribution in [0.3, 0.4) is 0 Å². The van der Waals surface area contributed by atoms with Gasteiger partial charge < -0.3 is 5.32 Å². The van der Waals surface area contributed by atoms with Crippen molar-refractivity contribution >= 4 is 0 Å². The average Bonchev–Trinajstić information content (AvgIpc) is 2.49. The maximum absolute atomic E-state index is 3.99. The van der Waals surface area contributed by atoms with Crippen LogP contribution in [0.15, 0.2) is 67.3 Å². The SMILES string of the molecule is C=C/C=C(\C=C)C(c1ccccc1)C1CCNCC1. The van der Waals surface area contributed by atoms with Crippen LogP contribution in [0.25, 0.3) is 0 Å². The lowest BCUT2D eigenvalue weighted by molar-refractivity contribution is 0.342. The first kappa shape index (κ1) is 13.8. The second kappa shape index (κ2) is 7.10. The van der Waals surface area contributed by atoms with Crippen LogP contribution in [0.2, 0.25) is 0 Å². The van der Waals surface area contributed by atoms with Gasteiger partial charge in [-0.2, -0.15) is 0 Å². The Kier molecular flexibility index (Phi) is 5.17. The van der Waals surface area contributed by atoms with Crippen LogP contribution in [0.4, 0.5) is 0 Å². The Bertz CT molecular complexity index is 438. The van der Waals surface area contributed by atoms with Crippen LogP contribution in [-0.2, 0) is 0 Å². The van der Waals surface area contributed by atoms with Crippen LogP contribution in [0, 0.1) is 5.92 Å². The van der Waals surface area contributed by atoms with E-state index in [0.717, 1.165) is 13.1 Å². The summed E-state index contributed by atoms with van der Waals surface area (Å²) in [6.45, 7) is 10.1. The first-order valence-electron chi connectivity index (χ1n) is 7.07. The molecule has 19 heavy (non-hydrogen) atoms. The third-order valence-electron chi connectivity index (χ3n) is 3.92. The maximum atomic E-state index is 3.99. The molecule has 0 bridgehead atoms. The molecule has 1 unspecified atom stereocenters. The second-order valence-electron chi connectivity index (χ2n) is 5.08. The van der Waals surface area contributed by atoms with E-state index in [4.69, 9.17) is 0 Å². The molecule has 1 nitrogen and oxygen atoms in total. The minimum Gasteiger partial charge on any atom is -0.317 e. The molecule has 0 amide bonds. The normalized spacial score (nSPS) is 18.8. The molecule has 1 aromatic rings. The summed E-state index contributed by atoms with van der Waals surface area (Å²) in [5.41, 5.74) is 2.68. The minimum absolute atomic E-state index is 0.443. The average molecular weight is 253 g/mol. The van der Waals surface area contributed by atoms with Crippen LogP contribution in [0.1, 0.15) is 24.3 Å². The van der Waals surface area contributed by atoms with Crippen LogP contribution in [-0.4, -0.2) is 13.1 Å². The van der Waals surface area contributed by atoms with Crippen LogP contribution in [0.5, 0.6) is 0 Å². The van der Waals surface area contributed by atoms with Crippen LogP contribution >= 0.6 is 0 Å². The van der Waals surface area contributed by atoms with E-state index in [1.807, 2.05) is 12.2 Å². The molecule has 2 rings (SSSR count). The van der Waals surface area contributed by atoms with Crippen molar-refractivity contribution in [2.24, 2.45) is 5.92 Å². The van der Waals surface area contributed by atoms with Gasteiger partial charge in [0.1, 0.15) is 0 Å². The molecule has 0 aromatic heterocycles. The molecule has 100 valence electrons. The molecule has 1 atom stereocenters. The van der Waals surface area contributed by atoms with Crippen molar-refractivity contribution in [2.45, 2.75) is 18.8 Å². The molecule has 0 aliphatic carbocycles. The highest BCUT2D eigenvalue weighted by Gasteiger charge is 2.26. The molecule has 1 aliphatic rings. The minimum atomic E-state index is 0.443. The summed E-state index contributed by atoms with van der Waals surface area (Å²) in [6, 6.07) is 10.8. The van der Waals surface area contributed by atoms with Gasteiger partial charge in [0.2, 0.25) is 0 Å². The maximum Gasteiger partial charge on any atom is 0.0118 e. The zero-order chi connectivity index (χ0) is 13.5. The number of nitrogens with one attached hydrogen (secondary N) is 1. The summed E-state index contributed by atoms with van der Waals surface area (Å²) in [5, 5.41) is 3.44. The molecule has 0 saturated carbocycles. The van der Waals surface area contributed by atoms with Gasteiger partial charge in [-0.25, -0.2) is 0 Å². The summed E-state index contributed by atoms with van der Waals surface area (Å²) in [7, 11) is 0. The van der Waals surface area contributed by atoms with Gasteiger partial charge in [0.25, 0.3) is 0 Å². The Morgan fingerprint density at radius 1 is 1.16 bits per heavy atom. The van der Waals surface area contributed by atoms with Gasteiger partial charge in [-0.15, -0.1) is 0 Å². The predicted octanol–water partition coefficient (Wildman–Crippen LogP) is 4.07. The first-order chi connectivity index (χ1) is 9.36. The Morgan fingerprint density at radius 2 is 1.84 bits per heavy atom. The van der Waals surface area contributed by atoms with E-state index >= 15 is 0 Å². The quantitative estimate of drug-likeness (QED) is 0.780. The third kappa shape index (κ3) is 3.45. The Labute approximate surface area is 116 Å². The van der Waals surface area contributed by atoms with Gasteiger partial charge in [-0.1, -0.05) is 61.7 Å². The number of benzene rings is 1. The zero-order valence-electron chi connectivity index (χ0n) is 11.5. The van der Waals surface area contributed by atoms with E-state index in [-0.39, 0.29) is 0 Å². The monoisotopic (exact) mass is 253 g/mol. The molecule has 0 radical (unpaired) electrons. The van der Waals surface area contributed by atoms with E-state index < -0.39 is 0 Å². The second-order valence-corrected chi connectivity index (χ2v) is 5.08. The molecule has 1 aromatic carbocycles. The Hall–Kier alpha value is -1.60. The Balaban J connectivity index is 2.34. The summed E-state index contributed by atoms with van der Waals surface area (Å²) in [6.07, 6.45) is 8.41. The number of hydrogen-bond donors (Lipinski definition) is 1. The van der Waals surface area contributed by atoms with Gasteiger partial charge in [0, 0.05) is 5.92 Å². The molecular formula is C18H23N. The summed E-state index contributed by atoms with van der Waals surface area (Å²) in [4.78, 5) is 0. The number of allylic oxidation sites excluding steroid dienone is 4. The molecule has 1 fully saturated rings. The molecule has 0 spiro atoms. The van der Waals surface area contributed by atoms with E-state index in [2.05, 4.69) is 54.9 Å². The largest absolute Gasteiger partial charge is 0.317 e. The fraction of sp³-hybridized carbons (Fsp3) is 0.333. The van der Waals surface area contributed by atoms with E-state index in [0.29, 0.717) is 11.8 Å². The fourth-order valence-corrected chi connectivity index (χ4v) is 3.01. The third-order valence-corrected chi connectivity index (χ3v) is 3.92. The lowest BCUT2D eigenvalue weighted by Crippen LogP contribution is -2.31. The van der Waals surface area contributed by atoms with Crippen molar-refractivity contribution in [3.8, 4) is 0 Å². The lowest BCUT2D eigenvalue weighted by atomic mass is 9.76. The van der Waals surface area contributed by atoms with Gasteiger partial charge in [-0.3, -0.25) is 0 Å². The van der Waals surface area contributed by atoms with E-state index in [1.165, 1.54) is 24.0 Å².